The Morgan fingerprint density at radius 1 is 1.13 bits per heavy atom. The van der Waals surface area contributed by atoms with Gasteiger partial charge in [0.1, 0.15) is 10.7 Å². The van der Waals surface area contributed by atoms with Gasteiger partial charge in [-0.25, -0.2) is 17.8 Å². The van der Waals surface area contributed by atoms with Gasteiger partial charge in [-0.1, -0.05) is 11.8 Å². The minimum Gasteiger partial charge on any atom is -0.370 e. The average molecular weight is 467 g/mol. The summed E-state index contributed by atoms with van der Waals surface area (Å²) in [5.41, 5.74) is 5.65. The fraction of sp³-hybridized carbons (Fsp3) is 0.350. The van der Waals surface area contributed by atoms with Crippen LogP contribution < -0.4 is 10.6 Å². The molecule has 1 aliphatic rings. The fourth-order valence-electron chi connectivity index (χ4n) is 3.14. The first-order valence-electron chi connectivity index (χ1n) is 9.70. The Kier molecular flexibility index (Phi) is 7.63. The number of hydrogen-bond acceptors (Lipinski definition) is 6. The maximum absolute atomic E-state index is 13.2. The van der Waals surface area contributed by atoms with E-state index in [0.717, 1.165) is 24.6 Å². The van der Waals surface area contributed by atoms with Crippen LogP contribution >= 0.6 is 11.8 Å². The Bertz CT molecular complexity index is 1020. The number of halogens is 1. The molecule has 1 saturated heterocycles. The molecule has 1 aliphatic heterocycles. The van der Waals surface area contributed by atoms with Crippen LogP contribution in [-0.2, 0) is 19.6 Å². The molecule has 0 unspecified atom stereocenters. The highest BCUT2D eigenvalue weighted by molar-refractivity contribution is 7.99. The smallest absolute Gasteiger partial charge is 0.244 e. The SMILES string of the molecule is NC(=O)CCN(C(=O)CSc1ccc(S(=O)(=O)N2CCCC2)cn1)c1ccc(F)cc1. The Morgan fingerprint density at radius 2 is 1.81 bits per heavy atom. The number of sulfonamides is 1. The highest BCUT2D eigenvalue weighted by atomic mass is 32.2. The summed E-state index contributed by atoms with van der Waals surface area (Å²) < 4.78 is 39.8. The van der Waals surface area contributed by atoms with Crippen LogP contribution in [0.25, 0.3) is 0 Å². The molecule has 11 heteroatoms. The molecule has 2 amide bonds. The highest BCUT2D eigenvalue weighted by Gasteiger charge is 2.27. The molecule has 0 bridgehead atoms. The molecule has 2 heterocycles. The summed E-state index contributed by atoms with van der Waals surface area (Å²) in [6, 6.07) is 8.41. The largest absolute Gasteiger partial charge is 0.370 e. The molecular formula is C20H23FN4O4S2. The van der Waals surface area contributed by atoms with Crippen LogP contribution in [0.1, 0.15) is 19.3 Å². The second-order valence-corrected chi connectivity index (χ2v) is 9.90. The van der Waals surface area contributed by atoms with Crippen molar-refractivity contribution in [1.82, 2.24) is 9.29 Å². The molecule has 0 spiro atoms. The zero-order chi connectivity index (χ0) is 22.4. The van der Waals surface area contributed by atoms with Crippen molar-refractivity contribution in [3.8, 4) is 0 Å². The molecule has 0 aliphatic carbocycles. The first-order chi connectivity index (χ1) is 14.8. The van der Waals surface area contributed by atoms with E-state index in [4.69, 9.17) is 5.73 Å². The Morgan fingerprint density at radius 3 is 2.39 bits per heavy atom. The Balaban J connectivity index is 1.65. The maximum atomic E-state index is 13.2. The number of amides is 2. The van der Waals surface area contributed by atoms with E-state index in [1.54, 1.807) is 6.07 Å². The number of benzene rings is 1. The van der Waals surface area contributed by atoms with E-state index in [0.29, 0.717) is 23.8 Å². The van der Waals surface area contributed by atoms with Gasteiger partial charge in [-0.05, 0) is 49.2 Å². The third kappa shape index (κ3) is 6.02. The molecule has 31 heavy (non-hydrogen) atoms. The summed E-state index contributed by atoms with van der Waals surface area (Å²) in [5.74, 6) is -1.30. The van der Waals surface area contributed by atoms with Crippen molar-refractivity contribution < 1.29 is 22.4 Å². The molecule has 0 saturated carbocycles. The number of anilines is 1. The number of hydrogen-bond donors (Lipinski definition) is 1. The van der Waals surface area contributed by atoms with Crippen LogP contribution in [0, 0.1) is 5.82 Å². The Labute approximate surface area is 184 Å². The maximum Gasteiger partial charge on any atom is 0.244 e. The minimum atomic E-state index is -3.54. The topological polar surface area (TPSA) is 114 Å². The van der Waals surface area contributed by atoms with Crippen molar-refractivity contribution in [1.29, 1.82) is 0 Å². The number of aromatic nitrogens is 1. The predicted molar refractivity (Wildman–Crippen MR) is 116 cm³/mol. The molecule has 2 N–H and O–H groups in total. The van der Waals surface area contributed by atoms with E-state index in [2.05, 4.69) is 4.98 Å². The van der Waals surface area contributed by atoms with Crippen molar-refractivity contribution in [2.75, 3.05) is 30.3 Å². The van der Waals surface area contributed by atoms with E-state index in [-0.39, 0.29) is 29.5 Å². The van der Waals surface area contributed by atoms with Crippen molar-refractivity contribution >= 4 is 39.3 Å². The lowest BCUT2D eigenvalue weighted by molar-refractivity contribution is -0.118. The van der Waals surface area contributed by atoms with Gasteiger partial charge >= 0.3 is 0 Å². The summed E-state index contributed by atoms with van der Waals surface area (Å²) >= 11 is 1.14. The van der Waals surface area contributed by atoms with E-state index in [9.17, 15) is 22.4 Å². The molecule has 1 aromatic carbocycles. The van der Waals surface area contributed by atoms with Crippen molar-refractivity contribution in [2.45, 2.75) is 29.2 Å². The molecular weight excluding hydrogens is 443 g/mol. The van der Waals surface area contributed by atoms with Crippen LogP contribution in [-0.4, -0.2) is 54.9 Å². The number of carbonyl (C=O) groups excluding carboxylic acids is 2. The van der Waals surface area contributed by atoms with Crippen molar-refractivity contribution in [2.24, 2.45) is 5.73 Å². The number of rotatable bonds is 9. The van der Waals surface area contributed by atoms with Crippen LogP contribution in [0.3, 0.4) is 0 Å². The van der Waals surface area contributed by atoms with Crippen LogP contribution in [0.5, 0.6) is 0 Å². The van der Waals surface area contributed by atoms with Gasteiger partial charge in [0.15, 0.2) is 0 Å². The van der Waals surface area contributed by atoms with Crippen LogP contribution in [0.4, 0.5) is 10.1 Å². The summed E-state index contributed by atoms with van der Waals surface area (Å²) in [7, 11) is -3.54. The number of nitrogens with two attached hydrogens (primary N) is 1. The predicted octanol–water partition coefficient (Wildman–Crippen LogP) is 2.01. The van der Waals surface area contributed by atoms with Crippen LogP contribution in [0.2, 0.25) is 0 Å². The number of primary amides is 1. The number of nitrogens with zero attached hydrogens (tertiary/aromatic N) is 3. The first kappa shape index (κ1) is 23.2. The molecule has 3 rings (SSSR count). The van der Waals surface area contributed by atoms with Gasteiger partial charge in [0, 0.05) is 37.9 Å². The van der Waals surface area contributed by atoms with E-state index in [1.165, 1.54) is 45.7 Å². The number of pyridine rings is 1. The first-order valence-corrected chi connectivity index (χ1v) is 12.1. The summed E-state index contributed by atoms with van der Waals surface area (Å²) in [5, 5.41) is 0.489. The molecule has 1 aromatic heterocycles. The van der Waals surface area contributed by atoms with Crippen LogP contribution in [0.15, 0.2) is 52.5 Å². The van der Waals surface area contributed by atoms with Gasteiger partial charge in [0.2, 0.25) is 21.8 Å². The summed E-state index contributed by atoms with van der Waals surface area (Å²) in [6.07, 6.45) is 2.96. The molecule has 1 fully saturated rings. The lowest BCUT2D eigenvalue weighted by Gasteiger charge is -2.22. The monoisotopic (exact) mass is 466 g/mol. The second-order valence-electron chi connectivity index (χ2n) is 6.97. The fourth-order valence-corrected chi connectivity index (χ4v) is 5.32. The lowest BCUT2D eigenvalue weighted by Crippen LogP contribution is -2.35. The number of carbonyl (C=O) groups is 2. The van der Waals surface area contributed by atoms with E-state index in [1.807, 2.05) is 0 Å². The van der Waals surface area contributed by atoms with Crippen molar-refractivity contribution in [3.63, 3.8) is 0 Å². The van der Waals surface area contributed by atoms with Gasteiger partial charge < -0.3 is 10.6 Å². The third-order valence-electron chi connectivity index (χ3n) is 4.78. The Hall–Kier alpha value is -2.50. The van der Waals surface area contributed by atoms with Gasteiger partial charge in [0.05, 0.1) is 10.8 Å². The third-order valence-corrected chi connectivity index (χ3v) is 7.59. The second kappa shape index (κ2) is 10.2. The summed E-state index contributed by atoms with van der Waals surface area (Å²) in [4.78, 5) is 29.6. The quantitative estimate of drug-likeness (QED) is 0.566. The highest BCUT2D eigenvalue weighted by Crippen LogP contribution is 2.24. The molecule has 8 nitrogen and oxygen atoms in total. The van der Waals surface area contributed by atoms with Gasteiger partial charge in [-0.2, -0.15) is 4.31 Å². The lowest BCUT2D eigenvalue weighted by atomic mass is 10.2. The summed E-state index contributed by atoms with van der Waals surface area (Å²) in [6.45, 7) is 1.09. The van der Waals surface area contributed by atoms with Gasteiger partial charge in [-0.15, -0.1) is 0 Å². The molecule has 166 valence electrons. The standard InChI is InChI=1S/C20H23FN4O4S2/c21-15-3-5-16(6-4-15)25(12-9-18(22)26)20(27)14-30-19-8-7-17(13-23-19)31(28,29)24-10-1-2-11-24/h3-8,13H,1-2,9-12,14H2,(H2,22,26). The average Bonchev–Trinajstić information content (AvgIpc) is 3.29. The molecule has 0 atom stereocenters. The minimum absolute atomic E-state index is 0.00135. The van der Waals surface area contributed by atoms with E-state index >= 15 is 0 Å². The zero-order valence-electron chi connectivity index (χ0n) is 16.7. The van der Waals surface area contributed by atoms with Gasteiger partial charge in [-0.3, -0.25) is 9.59 Å². The zero-order valence-corrected chi connectivity index (χ0v) is 18.4. The van der Waals surface area contributed by atoms with E-state index < -0.39 is 21.7 Å². The number of thioether (sulfide) groups is 1. The molecule has 0 radical (unpaired) electrons. The van der Waals surface area contributed by atoms with Gasteiger partial charge in [0.25, 0.3) is 0 Å². The molecule has 2 aromatic rings. The van der Waals surface area contributed by atoms with Crippen molar-refractivity contribution in [3.05, 3.63) is 48.4 Å². The normalized spacial score (nSPS) is 14.5.